The number of fused-ring (bicyclic) bond motifs is 3. The normalized spacial score (nSPS) is 15.0. The lowest BCUT2D eigenvalue weighted by Gasteiger charge is -2.37. The summed E-state index contributed by atoms with van der Waals surface area (Å²) >= 11 is 0. The molecule has 0 amide bonds. The summed E-state index contributed by atoms with van der Waals surface area (Å²) in [7, 11) is 0. The highest BCUT2D eigenvalue weighted by atomic mass is 15.3. The van der Waals surface area contributed by atoms with Crippen LogP contribution in [0.25, 0.3) is 16.7 Å². The SMILES string of the molecule is Cc1cccc(N2CCN(c3nc4ccccc4n4c(C)nnc34)CC2)c1C. The van der Waals surface area contributed by atoms with Gasteiger partial charge in [-0.25, -0.2) is 4.98 Å². The number of hydrogen-bond acceptors (Lipinski definition) is 5. The van der Waals surface area contributed by atoms with Crippen LogP contribution in [-0.2, 0) is 0 Å². The molecule has 0 saturated carbocycles. The van der Waals surface area contributed by atoms with Crippen LogP contribution >= 0.6 is 0 Å². The summed E-state index contributed by atoms with van der Waals surface area (Å²) in [5.41, 5.74) is 6.93. The summed E-state index contributed by atoms with van der Waals surface area (Å²) in [6.07, 6.45) is 0. The first kappa shape index (κ1) is 17.0. The molecule has 6 nitrogen and oxygen atoms in total. The lowest BCUT2D eigenvalue weighted by molar-refractivity contribution is 0.647. The molecule has 1 aliphatic rings. The zero-order chi connectivity index (χ0) is 19.3. The standard InChI is InChI=1S/C22H24N6/c1-15-7-6-10-19(16(15)2)26-11-13-27(14-12-26)21-22-25-24-17(3)28(22)20-9-5-4-8-18(20)23-21/h4-10H,11-14H2,1-3H3. The Morgan fingerprint density at radius 1 is 0.786 bits per heavy atom. The molecule has 0 radical (unpaired) electrons. The first-order valence-electron chi connectivity index (χ1n) is 9.80. The van der Waals surface area contributed by atoms with Crippen LogP contribution in [0.5, 0.6) is 0 Å². The quantitative estimate of drug-likeness (QED) is 0.539. The fraction of sp³-hybridized carbons (Fsp3) is 0.318. The van der Waals surface area contributed by atoms with Crippen molar-refractivity contribution in [3.63, 3.8) is 0 Å². The van der Waals surface area contributed by atoms with Crippen molar-refractivity contribution in [3.8, 4) is 0 Å². The molecule has 0 aliphatic carbocycles. The van der Waals surface area contributed by atoms with E-state index < -0.39 is 0 Å². The summed E-state index contributed by atoms with van der Waals surface area (Å²) in [5, 5.41) is 8.76. The van der Waals surface area contributed by atoms with E-state index in [9.17, 15) is 0 Å². The molecule has 28 heavy (non-hydrogen) atoms. The third-order valence-corrected chi connectivity index (χ3v) is 5.87. The van der Waals surface area contributed by atoms with E-state index in [1.807, 2.05) is 19.1 Å². The number of hydrogen-bond donors (Lipinski definition) is 0. The van der Waals surface area contributed by atoms with Gasteiger partial charge in [0.25, 0.3) is 0 Å². The third kappa shape index (κ3) is 2.59. The maximum atomic E-state index is 4.95. The van der Waals surface area contributed by atoms with E-state index in [0.29, 0.717) is 0 Å². The van der Waals surface area contributed by atoms with Crippen LogP contribution in [0, 0.1) is 20.8 Å². The number of aromatic nitrogens is 4. The molecule has 2 aromatic heterocycles. The Hall–Kier alpha value is -3.15. The number of piperazine rings is 1. The van der Waals surface area contributed by atoms with Gasteiger partial charge >= 0.3 is 0 Å². The van der Waals surface area contributed by atoms with Gasteiger partial charge in [-0.3, -0.25) is 4.40 Å². The van der Waals surface area contributed by atoms with E-state index in [-0.39, 0.29) is 0 Å². The summed E-state index contributed by atoms with van der Waals surface area (Å²) in [4.78, 5) is 9.78. The van der Waals surface area contributed by atoms with Crippen LogP contribution in [-0.4, -0.2) is 45.8 Å². The molecule has 142 valence electrons. The van der Waals surface area contributed by atoms with Crippen molar-refractivity contribution in [1.29, 1.82) is 0 Å². The lowest BCUT2D eigenvalue weighted by atomic mass is 10.1. The van der Waals surface area contributed by atoms with Gasteiger partial charge in [-0.05, 0) is 50.1 Å². The molecule has 4 aromatic rings. The van der Waals surface area contributed by atoms with Gasteiger partial charge < -0.3 is 9.80 Å². The van der Waals surface area contributed by atoms with Crippen molar-refractivity contribution in [2.45, 2.75) is 20.8 Å². The van der Waals surface area contributed by atoms with E-state index >= 15 is 0 Å². The van der Waals surface area contributed by atoms with Crippen molar-refractivity contribution in [2.75, 3.05) is 36.0 Å². The van der Waals surface area contributed by atoms with Crippen LogP contribution in [0.4, 0.5) is 11.5 Å². The van der Waals surface area contributed by atoms with Gasteiger partial charge in [0.2, 0.25) is 5.65 Å². The molecule has 0 unspecified atom stereocenters. The van der Waals surface area contributed by atoms with Crippen LogP contribution < -0.4 is 9.80 Å². The maximum Gasteiger partial charge on any atom is 0.204 e. The topological polar surface area (TPSA) is 49.6 Å². The highest BCUT2D eigenvalue weighted by molar-refractivity contribution is 5.83. The van der Waals surface area contributed by atoms with Gasteiger partial charge in [-0.1, -0.05) is 24.3 Å². The Bertz CT molecular complexity index is 1170. The zero-order valence-electron chi connectivity index (χ0n) is 16.6. The summed E-state index contributed by atoms with van der Waals surface area (Å²) < 4.78 is 2.12. The minimum atomic E-state index is 0.844. The van der Waals surface area contributed by atoms with Gasteiger partial charge in [0.15, 0.2) is 5.82 Å². The Morgan fingerprint density at radius 2 is 1.54 bits per heavy atom. The Morgan fingerprint density at radius 3 is 2.36 bits per heavy atom. The summed E-state index contributed by atoms with van der Waals surface area (Å²) in [6, 6.07) is 14.8. The molecule has 1 aliphatic heterocycles. The lowest BCUT2D eigenvalue weighted by Crippen LogP contribution is -2.47. The molecule has 1 fully saturated rings. The number of aryl methyl sites for hydroxylation is 2. The first-order valence-corrected chi connectivity index (χ1v) is 9.80. The number of rotatable bonds is 2. The smallest absolute Gasteiger partial charge is 0.204 e. The third-order valence-electron chi connectivity index (χ3n) is 5.87. The van der Waals surface area contributed by atoms with Crippen LogP contribution in [0.15, 0.2) is 42.5 Å². The molecule has 1 saturated heterocycles. The van der Waals surface area contributed by atoms with Crippen molar-refractivity contribution in [2.24, 2.45) is 0 Å². The van der Waals surface area contributed by atoms with Crippen LogP contribution in [0.1, 0.15) is 17.0 Å². The van der Waals surface area contributed by atoms with Gasteiger partial charge in [0.05, 0.1) is 11.0 Å². The Labute approximate surface area is 164 Å². The molecule has 5 rings (SSSR count). The van der Waals surface area contributed by atoms with Gasteiger partial charge in [-0.15, -0.1) is 10.2 Å². The largest absolute Gasteiger partial charge is 0.368 e. The molecule has 2 aromatic carbocycles. The first-order chi connectivity index (χ1) is 13.6. The average Bonchev–Trinajstić information content (AvgIpc) is 3.12. The van der Waals surface area contributed by atoms with E-state index in [0.717, 1.165) is 54.5 Å². The summed E-state index contributed by atoms with van der Waals surface area (Å²) in [5.74, 6) is 1.82. The van der Waals surface area contributed by atoms with Crippen molar-refractivity contribution >= 4 is 28.2 Å². The molecule has 0 bridgehead atoms. The fourth-order valence-electron chi connectivity index (χ4n) is 4.16. The van der Waals surface area contributed by atoms with Gasteiger partial charge in [0.1, 0.15) is 5.82 Å². The molecular formula is C22H24N6. The number of benzene rings is 2. The number of nitrogens with zero attached hydrogens (tertiary/aromatic N) is 6. The second-order valence-electron chi connectivity index (χ2n) is 7.52. The van der Waals surface area contributed by atoms with Crippen molar-refractivity contribution < 1.29 is 0 Å². The average molecular weight is 372 g/mol. The van der Waals surface area contributed by atoms with Crippen molar-refractivity contribution in [3.05, 3.63) is 59.4 Å². The highest BCUT2D eigenvalue weighted by Crippen LogP contribution is 2.28. The van der Waals surface area contributed by atoms with Crippen LogP contribution in [0.3, 0.4) is 0 Å². The molecule has 6 heteroatoms. The predicted molar refractivity (Wildman–Crippen MR) is 113 cm³/mol. The molecule has 3 heterocycles. The Balaban J connectivity index is 1.49. The minimum absolute atomic E-state index is 0.844. The van der Waals surface area contributed by atoms with E-state index in [2.05, 4.69) is 68.6 Å². The maximum absolute atomic E-state index is 4.95. The fourth-order valence-corrected chi connectivity index (χ4v) is 4.16. The second kappa shape index (κ2) is 6.48. The summed E-state index contributed by atoms with van der Waals surface area (Å²) in [6.45, 7) is 10.2. The predicted octanol–water partition coefficient (Wildman–Crippen LogP) is 3.53. The highest BCUT2D eigenvalue weighted by Gasteiger charge is 2.23. The van der Waals surface area contributed by atoms with E-state index in [1.165, 1.54) is 16.8 Å². The van der Waals surface area contributed by atoms with Gasteiger partial charge in [-0.2, -0.15) is 0 Å². The van der Waals surface area contributed by atoms with E-state index in [4.69, 9.17) is 4.98 Å². The monoisotopic (exact) mass is 372 g/mol. The van der Waals surface area contributed by atoms with Crippen LogP contribution in [0.2, 0.25) is 0 Å². The molecular weight excluding hydrogens is 348 g/mol. The van der Waals surface area contributed by atoms with Gasteiger partial charge in [0, 0.05) is 31.9 Å². The Kier molecular flexibility index (Phi) is 3.93. The number of para-hydroxylation sites is 2. The minimum Gasteiger partial charge on any atom is -0.368 e. The van der Waals surface area contributed by atoms with E-state index in [1.54, 1.807) is 0 Å². The second-order valence-corrected chi connectivity index (χ2v) is 7.52. The molecule has 0 spiro atoms. The zero-order valence-corrected chi connectivity index (χ0v) is 16.6. The number of anilines is 2. The molecule has 0 N–H and O–H groups in total. The van der Waals surface area contributed by atoms with Crippen molar-refractivity contribution in [1.82, 2.24) is 19.6 Å². The molecule has 0 atom stereocenters.